The van der Waals surface area contributed by atoms with E-state index in [1.165, 1.54) is 51.4 Å². The summed E-state index contributed by atoms with van der Waals surface area (Å²) in [5, 5.41) is 0. The average Bonchev–Trinajstić information content (AvgIpc) is 2.40. The van der Waals surface area contributed by atoms with E-state index in [2.05, 4.69) is 16.7 Å². The Kier molecular flexibility index (Phi) is 13.7. The fourth-order valence-electron chi connectivity index (χ4n) is 2.11. The van der Waals surface area contributed by atoms with Crippen LogP contribution in [-0.4, -0.2) is 20.7 Å². The normalized spacial score (nSPS) is 11.9. The van der Waals surface area contributed by atoms with E-state index in [0.29, 0.717) is 13.0 Å². The maximum Gasteiger partial charge on any atom is 0.283 e. The number of nitrogens with one attached hydrogen (secondary N) is 1. The Morgan fingerprint density at radius 2 is 1.25 bits per heavy atom. The first-order valence-corrected chi connectivity index (χ1v) is 9.84. The van der Waals surface area contributed by atoms with Crippen LogP contribution in [0.5, 0.6) is 0 Å². The Hall–Kier alpha value is -0.130. The van der Waals surface area contributed by atoms with E-state index in [-0.39, 0.29) is 5.75 Å². The molecule has 4 nitrogen and oxygen atoms in total. The highest BCUT2D eigenvalue weighted by Gasteiger charge is 2.08. The summed E-state index contributed by atoms with van der Waals surface area (Å²) < 4.78 is 27.1. The lowest BCUT2D eigenvalue weighted by atomic mass is 10.1. The second kappa shape index (κ2) is 13.8. The predicted octanol–water partition coefficient (Wildman–Crippen LogP) is 4.17. The minimum atomic E-state index is -3.36. The molecule has 122 valence electrons. The van der Waals surface area contributed by atoms with Gasteiger partial charge in [-0.1, -0.05) is 71.6 Å². The topological polar surface area (TPSA) is 55.4 Å². The number of unbranched alkanes of at least 4 members (excludes halogenated alkanes) is 9. The van der Waals surface area contributed by atoms with Gasteiger partial charge in [0.1, 0.15) is 0 Å². The fraction of sp³-hybridized carbons (Fsp3) is 1.00. The second-order valence-electron chi connectivity index (χ2n) is 5.42. The van der Waals surface area contributed by atoms with Crippen LogP contribution in [0.4, 0.5) is 0 Å². The quantitative estimate of drug-likeness (QED) is 0.364. The fourth-order valence-corrected chi connectivity index (χ4v) is 2.95. The van der Waals surface area contributed by atoms with E-state index in [1.54, 1.807) is 0 Å². The van der Waals surface area contributed by atoms with E-state index >= 15 is 0 Å². The molecule has 5 heteroatoms. The molecule has 0 bridgehead atoms. The molecule has 0 aromatic rings. The number of hydrogen-bond acceptors (Lipinski definition) is 4. The summed E-state index contributed by atoms with van der Waals surface area (Å²) in [7, 11) is -3.36. The summed E-state index contributed by atoms with van der Waals surface area (Å²) in [6.07, 6.45) is 13.3. The van der Waals surface area contributed by atoms with Gasteiger partial charge in [0.15, 0.2) is 0 Å². The van der Waals surface area contributed by atoms with Gasteiger partial charge in [-0.05, 0) is 12.8 Å². The molecule has 0 heterocycles. The predicted molar refractivity (Wildman–Crippen MR) is 85.0 cm³/mol. The minimum absolute atomic E-state index is 0.0814. The van der Waals surface area contributed by atoms with Gasteiger partial charge in [0.25, 0.3) is 10.1 Å². The largest absolute Gasteiger partial charge is 0.283 e. The lowest BCUT2D eigenvalue weighted by molar-refractivity contribution is 0.201. The number of rotatable bonds is 15. The highest BCUT2D eigenvalue weighted by molar-refractivity contribution is 7.86. The van der Waals surface area contributed by atoms with Gasteiger partial charge >= 0.3 is 0 Å². The van der Waals surface area contributed by atoms with Crippen LogP contribution in [0.2, 0.25) is 0 Å². The van der Waals surface area contributed by atoms with Crippen LogP contribution in [0, 0.1) is 0 Å². The highest BCUT2D eigenvalue weighted by atomic mass is 32.2. The summed E-state index contributed by atoms with van der Waals surface area (Å²) in [5.74, 6) is 0.0814. The van der Waals surface area contributed by atoms with Gasteiger partial charge in [0, 0.05) is 6.54 Å². The molecular weight excluding hydrogens is 274 g/mol. The van der Waals surface area contributed by atoms with E-state index in [0.717, 1.165) is 12.8 Å². The van der Waals surface area contributed by atoms with Crippen molar-refractivity contribution in [2.24, 2.45) is 0 Å². The third kappa shape index (κ3) is 14.3. The summed E-state index contributed by atoms with van der Waals surface area (Å²) in [5.41, 5.74) is 2.55. The van der Waals surface area contributed by atoms with E-state index in [9.17, 15) is 8.42 Å². The Morgan fingerprint density at radius 3 is 1.75 bits per heavy atom. The Labute approximate surface area is 125 Å². The van der Waals surface area contributed by atoms with Crippen LogP contribution < -0.4 is 5.48 Å². The monoisotopic (exact) mass is 307 g/mol. The standard InChI is InChI=1S/C15H33NO3S/c1-3-5-6-7-8-9-10-11-12-13-14-16-19-20(17,18)15-4-2/h16H,3-15H2,1-2H3. The molecule has 0 saturated carbocycles. The molecule has 0 radical (unpaired) electrons. The van der Waals surface area contributed by atoms with Crippen molar-refractivity contribution in [2.75, 3.05) is 12.3 Å². The first-order valence-electron chi connectivity index (χ1n) is 8.26. The molecule has 0 aliphatic rings. The lowest BCUT2D eigenvalue weighted by Gasteiger charge is -2.05. The van der Waals surface area contributed by atoms with Crippen LogP contribution >= 0.6 is 0 Å². The van der Waals surface area contributed by atoms with Gasteiger partial charge < -0.3 is 0 Å². The van der Waals surface area contributed by atoms with E-state index < -0.39 is 10.1 Å². The van der Waals surface area contributed by atoms with E-state index in [1.807, 2.05) is 6.92 Å². The maximum absolute atomic E-state index is 11.2. The lowest BCUT2D eigenvalue weighted by Crippen LogP contribution is -2.23. The molecule has 0 unspecified atom stereocenters. The zero-order valence-corrected chi connectivity index (χ0v) is 14.1. The first kappa shape index (κ1) is 19.9. The number of hydrogen-bond donors (Lipinski definition) is 1. The average molecular weight is 308 g/mol. The Morgan fingerprint density at radius 1 is 0.750 bits per heavy atom. The van der Waals surface area contributed by atoms with Crippen molar-refractivity contribution in [1.82, 2.24) is 5.48 Å². The van der Waals surface area contributed by atoms with Gasteiger partial charge in [-0.2, -0.15) is 18.2 Å². The summed E-state index contributed by atoms with van der Waals surface area (Å²) in [6.45, 7) is 4.67. The molecule has 0 aliphatic heterocycles. The van der Waals surface area contributed by atoms with Gasteiger partial charge in [0.05, 0.1) is 5.75 Å². The third-order valence-electron chi connectivity index (χ3n) is 3.27. The van der Waals surface area contributed by atoms with Crippen molar-refractivity contribution in [3.63, 3.8) is 0 Å². The summed E-state index contributed by atoms with van der Waals surface area (Å²) >= 11 is 0. The van der Waals surface area contributed by atoms with Crippen molar-refractivity contribution in [3.05, 3.63) is 0 Å². The van der Waals surface area contributed by atoms with Crippen molar-refractivity contribution >= 4 is 10.1 Å². The summed E-state index contributed by atoms with van der Waals surface area (Å²) in [6, 6.07) is 0. The molecule has 0 aliphatic carbocycles. The molecular formula is C15H33NO3S. The van der Waals surface area contributed by atoms with Gasteiger partial charge in [-0.15, -0.1) is 0 Å². The van der Waals surface area contributed by atoms with Crippen molar-refractivity contribution in [2.45, 2.75) is 84.5 Å². The Bertz CT molecular complexity index is 291. The molecule has 0 amide bonds. The molecule has 20 heavy (non-hydrogen) atoms. The van der Waals surface area contributed by atoms with Crippen LogP contribution in [0.15, 0.2) is 0 Å². The van der Waals surface area contributed by atoms with Crippen molar-refractivity contribution in [1.29, 1.82) is 0 Å². The third-order valence-corrected chi connectivity index (χ3v) is 4.55. The Balaban J connectivity index is 3.17. The molecule has 0 spiro atoms. The highest BCUT2D eigenvalue weighted by Crippen LogP contribution is 2.10. The van der Waals surface area contributed by atoms with Crippen molar-refractivity contribution < 1.29 is 12.7 Å². The smallest absolute Gasteiger partial charge is 0.198 e. The van der Waals surface area contributed by atoms with Crippen molar-refractivity contribution in [3.8, 4) is 0 Å². The van der Waals surface area contributed by atoms with Crippen LogP contribution in [0.1, 0.15) is 84.5 Å². The SMILES string of the molecule is CCCCCCCCCCCCNOS(=O)(=O)CCC. The van der Waals surface area contributed by atoms with Crippen LogP contribution in [0.25, 0.3) is 0 Å². The molecule has 0 rings (SSSR count). The zero-order chi connectivity index (χ0) is 15.1. The maximum atomic E-state index is 11.2. The minimum Gasteiger partial charge on any atom is -0.198 e. The molecule has 0 fully saturated rings. The van der Waals surface area contributed by atoms with Gasteiger partial charge in [-0.25, -0.2) is 0 Å². The molecule has 0 atom stereocenters. The number of hydroxylamine groups is 1. The zero-order valence-electron chi connectivity index (χ0n) is 13.3. The summed E-state index contributed by atoms with van der Waals surface area (Å²) in [4.78, 5) is 0. The van der Waals surface area contributed by atoms with Gasteiger partial charge in [-0.3, -0.25) is 0 Å². The second-order valence-corrected chi connectivity index (χ2v) is 7.11. The van der Waals surface area contributed by atoms with Gasteiger partial charge in [0.2, 0.25) is 0 Å². The molecule has 1 N–H and O–H groups in total. The van der Waals surface area contributed by atoms with Crippen LogP contribution in [-0.2, 0) is 14.4 Å². The first-order chi connectivity index (χ1) is 9.62. The molecule has 0 aromatic heterocycles. The molecule has 0 saturated heterocycles. The van der Waals surface area contributed by atoms with E-state index in [4.69, 9.17) is 0 Å². The van der Waals surface area contributed by atoms with Crippen LogP contribution in [0.3, 0.4) is 0 Å². The molecule has 0 aromatic carbocycles.